The van der Waals surface area contributed by atoms with Crippen molar-refractivity contribution in [2.75, 3.05) is 6.54 Å². The lowest BCUT2D eigenvalue weighted by Crippen LogP contribution is -2.29. The highest BCUT2D eigenvalue weighted by Gasteiger charge is 2.06. The first kappa shape index (κ1) is 12.0. The molecule has 0 aliphatic rings. The predicted octanol–water partition coefficient (Wildman–Crippen LogP) is -0.0737. The standard InChI is InChI=1S/C11H14N2O3/c12-10(15)5-6-13-11(16)7-8-3-1-2-4-9(8)14/h1-4,14H,5-7H2,(H2,12,15)(H,13,16). The maximum atomic E-state index is 11.4. The van der Waals surface area contributed by atoms with Crippen LogP contribution in [0, 0.1) is 0 Å². The third-order valence-electron chi connectivity index (χ3n) is 2.04. The number of carbonyl (C=O) groups is 2. The van der Waals surface area contributed by atoms with Crippen molar-refractivity contribution in [2.24, 2.45) is 5.73 Å². The Morgan fingerprint density at radius 2 is 2.00 bits per heavy atom. The second-order valence-electron chi connectivity index (χ2n) is 3.37. The van der Waals surface area contributed by atoms with E-state index in [0.29, 0.717) is 5.56 Å². The number of hydrogen-bond acceptors (Lipinski definition) is 3. The molecule has 0 atom stereocenters. The van der Waals surface area contributed by atoms with Crippen LogP contribution in [0.15, 0.2) is 24.3 Å². The van der Waals surface area contributed by atoms with Crippen molar-refractivity contribution in [3.63, 3.8) is 0 Å². The first-order valence-electron chi connectivity index (χ1n) is 4.91. The van der Waals surface area contributed by atoms with Gasteiger partial charge in [0.15, 0.2) is 0 Å². The fraction of sp³-hybridized carbons (Fsp3) is 0.273. The Hall–Kier alpha value is -2.04. The van der Waals surface area contributed by atoms with Gasteiger partial charge in [0, 0.05) is 18.5 Å². The van der Waals surface area contributed by atoms with E-state index in [-0.39, 0.29) is 31.0 Å². The monoisotopic (exact) mass is 222 g/mol. The van der Waals surface area contributed by atoms with E-state index in [4.69, 9.17) is 5.73 Å². The highest BCUT2D eigenvalue weighted by Crippen LogP contribution is 2.15. The molecular weight excluding hydrogens is 208 g/mol. The molecule has 86 valence electrons. The lowest BCUT2D eigenvalue weighted by Gasteiger charge is -2.05. The van der Waals surface area contributed by atoms with Gasteiger partial charge in [-0.15, -0.1) is 0 Å². The van der Waals surface area contributed by atoms with Gasteiger partial charge in [-0.3, -0.25) is 9.59 Å². The summed E-state index contributed by atoms with van der Waals surface area (Å²) in [5, 5.41) is 12.0. The van der Waals surface area contributed by atoms with E-state index >= 15 is 0 Å². The molecule has 0 radical (unpaired) electrons. The number of rotatable bonds is 5. The number of benzene rings is 1. The summed E-state index contributed by atoms with van der Waals surface area (Å²) in [5.74, 6) is -0.613. The molecule has 1 aromatic carbocycles. The Morgan fingerprint density at radius 3 is 2.62 bits per heavy atom. The maximum absolute atomic E-state index is 11.4. The van der Waals surface area contributed by atoms with Crippen LogP contribution >= 0.6 is 0 Å². The Morgan fingerprint density at radius 1 is 1.31 bits per heavy atom. The molecule has 0 aliphatic heterocycles. The van der Waals surface area contributed by atoms with E-state index in [2.05, 4.69) is 5.32 Å². The predicted molar refractivity (Wildman–Crippen MR) is 58.6 cm³/mol. The summed E-state index contributed by atoms with van der Waals surface area (Å²) in [6.07, 6.45) is 0.206. The topological polar surface area (TPSA) is 92.4 Å². The number of nitrogens with two attached hydrogens (primary N) is 1. The lowest BCUT2D eigenvalue weighted by molar-refractivity contribution is -0.120. The molecule has 0 saturated carbocycles. The average Bonchev–Trinajstić information content (AvgIpc) is 2.21. The van der Waals surface area contributed by atoms with Gasteiger partial charge in [-0.2, -0.15) is 0 Å². The number of para-hydroxylation sites is 1. The van der Waals surface area contributed by atoms with Crippen LogP contribution in [0.2, 0.25) is 0 Å². The molecule has 5 nitrogen and oxygen atoms in total. The zero-order valence-electron chi connectivity index (χ0n) is 8.77. The molecule has 1 aromatic rings. The number of phenolic OH excluding ortho intramolecular Hbond substituents is 1. The van der Waals surface area contributed by atoms with Gasteiger partial charge in [0.05, 0.1) is 6.42 Å². The number of nitrogens with one attached hydrogen (secondary N) is 1. The molecule has 2 amide bonds. The van der Waals surface area contributed by atoms with Gasteiger partial charge in [-0.1, -0.05) is 18.2 Å². The molecular formula is C11H14N2O3. The number of aromatic hydroxyl groups is 1. The van der Waals surface area contributed by atoms with Crippen molar-refractivity contribution in [3.8, 4) is 5.75 Å². The van der Waals surface area contributed by atoms with E-state index in [1.54, 1.807) is 18.2 Å². The third-order valence-corrected chi connectivity index (χ3v) is 2.04. The molecule has 16 heavy (non-hydrogen) atoms. The van der Waals surface area contributed by atoms with Crippen LogP contribution < -0.4 is 11.1 Å². The minimum atomic E-state index is -0.456. The molecule has 0 fully saturated rings. The molecule has 1 rings (SSSR count). The van der Waals surface area contributed by atoms with Crippen LogP contribution in [-0.4, -0.2) is 23.5 Å². The molecule has 0 aromatic heterocycles. The van der Waals surface area contributed by atoms with Crippen LogP contribution in [0.25, 0.3) is 0 Å². The van der Waals surface area contributed by atoms with Gasteiger partial charge >= 0.3 is 0 Å². The number of amides is 2. The van der Waals surface area contributed by atoms with Crippen LogP contribution in [0.4, 0.5) is 0 Å². The fourth-order valence-electron chi connectivity index (χ4n) is 1.22. The summed E-state index contributed by atoms with van der Waals surface area (Å²) in [5.41, 5.74) is 5.48. The Kier molecular flexibility index (Phi) is 4.32. The zero-order valence-corrected chi connectivity index (χ0v) is 8.77. The minimum absolute atomic E-state index is 0.0887. The Balaban J connectivity index is 2.40. The van der Waals surface area contributed by atoms with E-state index in [1.807, 2.05) is 0 Å². The zero-order chi connectivity index (χ0) is 12.0. The number of phenols is 1. The van der Waals surface area contributed by atoms with Crippen molar-refractivity contribution in [1.29, 1.82) is 0 Å². The fourth-order valence-corrected chi connectivity index (χ4v) is 1.22. The Labute approximate surface area is 93.3 Å². The van der Waals surface area contributed by atoms with Crippen molar-refractivity contribution in [3.05, 3.63) is 29.8 Å². The third kappa shape index (κ3) is 4.00. The van der Waals surface area contributed by atoms with Gasteiger partial charge in [-0.05, 0) is 6.07 Å². The van der Waals surface area contributed by atoms with Gasteiger partial charge in [0.1, 0.15) is 5.75 Å². The summed E-state index contributed by atoms with van der Waals surface area (Å²) in [6.45, 7) is 0.224. The van der Waals surface area contributed by atoms with Gasteiger partial charge in [0.2, 0.25) is 11.8 Å². The van der Waals surface area contributed by atoms with Crippen molar-refractivity contribution >= 4 is 11.8 Å². The molecule has 5 heteroatoms. The number of carbonyl (C=O) groups excluding carboxylic acids is 2. The maximum Gasteiger partial charge on any atom is 0.224 e. The minimum Gasteiger partial charge on any atom is -0.508 e. The van der Waals surface area contributed by atoms with Crippen LogP contribution in [0.1, 0.15) is 12.0 Å². The van der Waals surface area contributed by atoms with Crippen molar-refractivity contribution in [1.82, 2.24) is 5.32 Å². The Bertz CT molecular complexity index is 391. The molecule has 0 bridgehead atoms. The van der Waals surface area contributed by atoms with Crippen LogP contribution in [0.3, 0.4) is 0 Å². The highest BCUT2D eigenvalue weighted by molar-refractivity contribution is 5.80. The molecule has 0 unspecified atom stereocenters. The number of hydrogen-bond donors (Lipinski definition) is 3. The molecule has 0 spiro atoms. The first-order valence-corrected chi connectivity index (χ1v) is 4.91. The summed E-state index contributed by atoms with van der Waals surface area (Å²) in [6, 6.07) is 6.62. The second-order valence-corrected chi connectivity index (χ2v) is 3.37. The van der Waals surface area contributed by atoms with E-state index < -0.39 is 5.91 Å². The van der Waals surface area contributed by atoms with Gasteiger partial charge < -0.3 is 16.2 Å². The highest BCUT2D eigenvalue weighted by atomic mass is 16.3. The first-order chi connectivity index (χ1) is 7.59. The largest absolute Gasteiger partial charge is 0.508 e. The number of primary amides is 1. The second kappa shape index (κ2) is 5.75. The lowest BCUT2D eigenvalue weighted by atomic mass is 10.1. The SMILES string of the molecule is NC(=O)CCNC(=O)Cc1ccccc1O. The van der Waals surface area contributed by atoms with Gasteiger partial charge in [-0.25, -0.2) is 0 Å². The van der Waals surface area contributed by atoms with Crippen molar-refractivity contribution < 1.29 is 14.7 Å². The molecule has 4 N–H and O–H groups in total. The summed E-state index contributed by atoms with van der Waals surface area (Å²) in [4.78, 5) is 21.8. The van der Waals surface area contributed by atoms with Crippen LogP contribution in [0.5, 0.6) is 5.75 Å². The molecule has 0 heterocycles. The van der Waals surface area contributed by atoms with E-state index in [0.717, 1.165) is 0 Å². The quantitative estimate of drug-likeness (QED) is 0.651. The van der Waals surface area contributed by atoms with Gasteiger partial charge in [0.25, 0.3) is 0 Å². The molecule has 0 saturated heterocycles. The molecule has 0 aliphatic carbocycles. The van der Waals surface area contributed by atoms with Crippen molar-refractivity contribution in [2.45, 2.75) is 12.8 Å². The van der Waals surface area contributed by atoms with Crippen LogP contribution in [-0.2, 0) is 16.0 Å². The van der Waals surface area contributed by atoms with E-state index in [9.17, 15) is 14.7 Å². The summed E-state index contributed by atoms with van der Waals surface area (Å²) in [7, 11) is 0. The average molecular weight is 222 g/mol. The van der Waals surface area contributed by atoms with E-state index in [1.165, 1.54) is 6.07 Å². The summed E-state index contributed by atoms with van der Waals surface area (Å²) < 4.78 is 0. The summed E-state index contributed by atoms with van der Waals surface area (Å²) >= 11 is 0. The normalized spacial score (nSPS) is 9.75. The smallest absolute Gasteiger partial charge is 0.224 e.